The Bertz CT molecular complexity index is 382. The summed E-state index contributed by atoms with van der Waals surface area (Å²) in [4.78, 5) is 13.3. The SMILES string of the molecule is CNCCCC(=O)N(C)CCOc1ccc(F)cc1. The maximum absolute atomic E-state index is 12.7. The lowest BCUT2D eigenvalue weighted by Crippen LogP contribution is -2.31. The molecule has 0 bridgehead atoms. The zero-order chi connectivity index (χ0) is 14.1. The number of halogens is 1. The molecule has 0 aliphatic heterocycles. The Labute approximate surface area is 113 Å². The molecule has 0 unspecified atom stereocenters. The Morgan fingerprint density at radius 1 is 1.37 bits per heavy atom. The van der Waals surface area contributed by atoms with Crippen LogP contribution in [0.5, 0.6) is 5.75 Å². The molecule has 0 heterocycles. The molecule has 0 radical (unpaired) electrons. The zero-order valence-corrected chi connectivity index (χ0v) is 11.5. The van der Waals surface area contributed by atoms with Gasteiger partial charge in [-0.1, -0.05) is 0 Å². The third-order valence-electron chi connectivity index (χ3n) is 2.75. The third-order valence-corrected chi connectivity index (χ3v) is 2.75. The van der Waals surface area contributed by atoms with Gasteiger partial charge in [-0.05, 0) is 44.3 Å². The highest BCUT2D eigenvalue weighted by atomic mass is 19.1. The summed E-state index contributed by atoms with van der Waals surface area (Å²) in [5.74, 6) is 0.430. The minimum Gasteiger partial charge on any atom is -0.492 e. The highest BCUT2D eigenvalue weighted by Gasteiger charge is 2.07. The number of rotatable bonds is 8. The van der Waals surface area contributed by atoms with Crippen molar-refractivity contribution in [1.29, 1.82) is 0 Å². The van der Waals surface area contributed by atoms with Gasteiger partial charge in [0.2, 0.25) is 5.91 Å². The summed E-state index contributed by atoms with van der Waals surface area (Å²) in [6.45, 7) is 1.77. The van der Waals surface area contributed by atoms with Crippen molar-refractivity contribution in [3.63, 3.8) is 0 Å². The molecule has 1 aromatic rings. The maximum Gasteiger partial charge on any atom is 0.222 e. The number of nitrogens with zero attached hydrogens (tertiary/aromatic N) is 1. The molecule has 0 spiro atoms. The Morgan fingerprint density at radius 3 is 2.68 bits per heavy atom. The lowest BCUT2D eigenvalue weighted by molar-refractivity contribution is -0.130. The minimum atomic E-state index is -0.288. The van der Waals surface area contributed by atoms with Gasteiger partial charge in [-0.25, -0.2) is 4.39 Å². The Morgan fingerprint density at radius 2 is 2.05 bits per heavy atom. The van der Waals surface area contributed by atoms with Gasteiger partial charge in [0, 0.05) is 13.5 Å². The fourth-order valence-electron chi connectivity index (χ4n) is 1.56. The van der Waals surface area contributed by atoms with Gasteiger partial charge in [-0.2, -0.15) is 0 Å². The summed E-state index contributed by atoms with van der Waals surface area (Å²) < 4.78 is 18.1. The molecule has 4 nitrogen and oxygen atoms in total. The molecule has 0 saturated carbocycles. The van der Waals surface area contributed by atoms with Crippen molar-refractivity contribution in [2.75, 3.05) is 33.8 Å². The van der Waals surface area contributed by atoms with E-state index in [1.807, 2.05) is 7.05 Å². The van der Waals surface area contributed by atoms with Crippen LogP contribution in [0.1, 0.15) is 12.8 Å². The van der Waals surface area contributed by atoms with Crippen LogP contribution in [0.3, 0.4) is 0 Å². The molecule has 1 aromatic carbocycles. The largest absolute Gasteiger partial charge is 0.492 e. The first-order chi connectivity index (χ1) is 9.13. The number of carbonyl (C=O) groups excluding carboxylic acids is 1. The predicted octanol–water partition coefficient (Wildman–Crippen LogP) is 1.66. The van der Waals surface area contributed by atoms with Crippen molar-refractivity contribution < 1.29 is 13.9 Å². The van der Waals surface area contributed by atoms with Gasteiger partial charge in [0.1, 0.15) is 18.2 Å². The van der Waals surface area contributed by atoms with E-state index in [1.54, 1.807) is 24.1 Å². The Hall–Kier alpha value is -1.62. The smallest absolute Gasteiger partial charge is 0.222 e. The lowest BCUT2D eigenvalue weighted by Gasteiger charge is -2.17. The second kappa shape index (κ2) is 8.48. The van der Waals surface area contributed by atoms with Crippen molar-refractivity contribution >= 4 is 5.91 Å². The van der Waals surface area contributed by atoms with Crippen LogP contribution in [0.15, 0.2) is 24.3 Å². The van der Waals surface area contributed by atoms with Crippen LogP contribution >= 0.6 is 0 Å². The van der Waals surface area contributed by atoms with Crippen LogP contribution in [-0.4, -0.2) is 44.6 Å². The van der Waals surface area contributed by atoms with Gasteiger partial charge in [0.15, 0.2) is 0 Å². The maximum atomic E-state index is 12.7. The van der Waals surface area contributed by atoms with E-state index in [2.05, 4.69) is 5.32 Å². The average Bonchev–Trinajstić information content (AvgIpc) is 2.41. The standard InChI is InChI=1S/C14H21FN2O2/c1-16-9-3-4-14(18)17(2)10-11-19-13-7-5-12(15)6-8-13/h5-8,16H,3-4,9-11H2,1-2H3. The summed E-state index contributed by atoms with van der Waals surface area (Å²) in [5.41, 5.74) is 0. The van der Waals surface area contributed by atoms with Gasteiger partial charge < -0.3 is 15.0 Å². The molecule has 5 heteroatoms. The number of amides is 1. The Kier molecular flexibility index (Phi) is 6.89. The molecule has 1 amide bonds. The van der Waals surface area contributed by atoms with Gasteiger partial charge in [0.25, 0.3) is 0 Å². The first-order valence-corrected chi connectivity index (χ1v) is 6.40. The topological polar surface area (TPSA) is 41.6 Å². The number of carbonyl (C=O) groups is 1. The first-order valence-electron chi connectivity index (χ1n) is 6.40. The molecule has 0 atom stereocenters. The summed E-state index contributed by atoms with van der Waals surface area (Å²) in [7, 11) is 3.63. The van der Waals surface area contributed by atoms with Crippen LogP contribution in [0.25, 0.3) is 0 Å². The molecule has 106 valence electrons. The Balaban J connectivity index is 2.20. The minimum absolute atomic E-state index is 0.109. The van der Waals surface area contributed by atoms with Crippen LogP contribution < -0.4 is 10.1 Å². The van der Waals surface area contributed by atoms with Crippen LogP contribution in [0, 0.1) is 5.82 Å². The van der Waals surface area contributed by atoms with Gasteiger partial charge in [-0.3, -0.25) is 4.79 Å². The molecular formula is C14H21FN2O2. The molecular weight excluding hydrogens is 247 g/mol. The molecule has 1 N–H and O–H groups in total. The molecule has 0 saturated heterocycles. The second-order valence-electron chi connectivity index (χ2n) is 4.32. The third kappa shape index (κ3) is 6.20. The van der Waals surface area contributed by atoms with Crippen molar-refractivity contribution in [3.05, 3.63) is 30.1 Å². The molecule has 19 heavy (non-hydrogen) atoms. The zero-order valence-electron chi connectivity index (χ0n) is 11.5. The molecule has 0 aliphatic rings. The quantitative estimate of drug-likeness (QED) is 0.729. The summed E-state index contributed by atoms with van der Waals surface area (Å²) in [6.07, 6.45) is 1.37. The van der Waals surface area contributed by atoms with E-state index in [0.29, 0.717) is 25.3 Å². The monoisotopic (exact) mass is 268 g/mol. The number of ether oxygens (including phenoxy) is 1. The molecule has 0 aromatic heterocycles. The number of likely N-dealkylation sites (N-methyl/N-ethyl adjacent to an activating group) is 1. The number of hydrogen-bond donors (Lipinski definition) is 1. The van der Waals surface area contributed by atoms with Crippen molar-refractivity contribution in [2.24, 2.45) is 0 Å². The predicted molar refractivity (Wildman–Crippen MR) is 72.7 cm³/mol. The van der Waals surface area contributed by atoms with Crippen molar-refractivity contribution in [1.82, 2.24) is 10.2 Å². The van der Waals surface area contributed by atoms with E-state index >= 15 is 0 Å². The first kappa shape index (κ1) is 15.4. The van der Waals surface area contributed by atoms with E-state index in [1.165, 1.54) is 12.1 Å². The normalized spacial score (nSPS) is 10.3. The highest BCUT2D eigenvalue weighted by molar-refractivity contribution is 5.75. The summed E-state index contributed by atoms with van der Waals surface area (Å²) in [6, 6.07) is 5.85. The van der Waals surface area contributed by atoms with E-state index in [0.717, 1.165) is 13.0 Å². The van der Waals surface area contributed by atoms with Gasteiger partial charge >= 0.3 is 0 Å². The van der Waals surface area contributed by atoms with Crippen LogP contribution in [-0.2, 0) is 4.79 Å². The van der Waals surface area contributed by atoms with E-state index in [-0.39, 0.29) is 11.7 Å². The van der Waals surface area contributed by atoms with Gasteiger partial charge in [0.05, 0.1) is 6.54 Å². The summed E-state index contributed by atoms with van der Waals surface area (Å²) >= 11 is 0. The number of nitrogens with one attached hydrogen (secondary N) is 1. The van der Waals surface area contributed by atoms with Gasteiger partial charge in [-0.15, -0.1) is 0 Å². The molecule has 0 aliphatic carbocycles. The lowest BCUT2D eigenvalue weighted by atomic mass is 10.3. The summed E-state index contributed by atoms with van der Waals surface area (Å²) in [5, 5.41) is 3.01. The van der Waals surface area contributed by atoms with Crippen LogP contribution in [0.4, 0.5) is 4.39 Å². The number of hydrogen-bond acceptors (Lipinski definition) is 3. The van der Waals surface area contributed by atoms with E-state index in [4.69, 9.17) is 4.74 Å². The van der Waals surface area contributed by atoms with E-state index < -0.39 is 0 Å². The highest BCUT2D eigenvalue weighted by Crippen LogP contribution is 2.10. The second-order valence-corrected chi connectivity index (χ2v) is 4.32. The van der Waals surface area contributed by atoms with Crippen molar-refractivity contribution in [2.45, 2.75) is 12.8 Å². The van der Waals surface area contributed by atoms with Crippen molar-refractivity contribution in [3.8, 4) is 5.75 Å². The fourth-order valence-corrected chi connectivity index (χ4v) is 1.56. The molecule has 1 rings (SSSR count). The van der Waals surface area contributed by atoms with Crippen LogP contribution in [0.2, 0.25) is 0 Å². The molecule has 0 fully saturated rings. The average molecular weight is 268 g/mol. The fraction of sp³-hybridized carbons (Fsp3) is 0.500. The van der Waals surface area contributed by atoms with E-state index in [9.17, 15) is 9.18 Å². The number of benzene rings is 1.